The van der Waals surface area contributed by atoms with E-state index in [9.17, 15) is 4.39 Å². The van der Waals surface area contributed by atoms with Crippen LogP contribution >= 0.6 is 11.6 Å². The molecular formula is C18H21ClFN3. The minimum absolute atomic E-state index is 0.113. The van der Waals surface area contributed by atoms with Gasteiger partial charge in [-0.15, -0.1) is 0 Å². The van der Waals surface area contributed by atoms with Crippen LogP contribution in [-0.2, 0) is 0 Å². The number of nitrogen functional groups attached to an aromatic ring is 1. The minimum atomic E-state index is -0.544. The second-order valence-electron chi connectivity index (χ2n) is 5.39. The number of anilines is 1. The summed E-state index contributed by atoms with van der Waals surface area (Å²) in [5.41, 5.74) is 8.85. The molecule has 0 aliphatic carbocycles. The van der Waals surface area contributed by atoms with Gasteiger partial charge in [-0.25, -0.2) is 9.37 Å². The van der Waals surface area contributed by atoms with Crippen molar-refractivity contribution in [3.63, 3.8) is 0 Å². The lowest BCUT2D eigenvalue weighted by Gasteiger charge is -2.06. The summed E-state index contributed by atoms with van der Waals surface area (Å²) in [5.74, 6) is -0.258. The highest BCUT2D eigenvalue weighted by Gasteiger charge is 2.11. The van der Waals surface area contributed by atoms with E-state index in [-0.39, 0.29) is 5.82 Å². The Bertz CT molecular complexity index is 824. The monoisotopic (exact) mass is 333 g/mol. The van der Waals surface area contributed by atoms with Gasteiger partial charge in [0.25, 0.3) is 0 Å². The van der Waals surface area contributed by atoms with Crippen molar-refractivity contribution < 1.29 is 4.39 Å². The smallest absolute Gasteiger partial charge is 0.165 e. The average molecular weight is 334 g/mol. The number of aromatic amines is 1. The first-order valence-electron chi connectivity index (χ1n) is 7.69. The predicted molar refractivity (Wildman–Crippen MR) is 96.3 cm³/mol. The maximum absolute atomic E-state index is 13.6. The van der Waals surface area contributed by atoms with Gasteiger partial charge in [-0.1, -0.05) is 39.3 Å². The van der Waals surface area contributed by atoms with E-state index in [4.69, 9.17) is 17.3 Å². The van der Waals surface area contributed by atoms with E-state index in [1.807, 2.05) is 26.0 Å². The minimum Gasteiger partial charge on any atom is -0.381 e. The standard InChI is InChI=1S/C16H15ClFN3.C2H6/c1-8(2)14-5-9-3-12(17)11(6-15(9)21-14)10-4-13(18)16(19)20-7-10;1-2/h3-8,21H,1-2H3,(H2,19,20);1-2H3. The van der Waals surface area contributed by atoms with Crippen LogP contribution < -0.4 is 5.73 Å². The Kier molecular flexibility index (Phi) is 5.26. The first-order valence-corrected chi connectivity index (χ1v) is 8.07. The SMILES string of the molecule is CC.CC(C)c1cc2cc(Cl)c(-c3cnc(N)c(F)c3)cc2[nH]1. The molecule has 0 fully saturated rings. The topological polar surface area (TPSA) is 54.7 Å². The normalized spacial score (nSPS) is 10.7. The van der Waals surface area contributed by atoms with Crippen LogP contribution in [0.2, 0.25) is 5.02 Å². The second kappa shape index (κ2) is 7.01. The molecule has 0 radical (unpaired) electrons. The van der Waals surface area contributed by atoms with Crippen molar-refractivity contribution in [2.24, 2.45) is 0 Å². The van der Waals surface area contributed by atoms with Crippen molar-refractivity contribution in [2.45, 2.75) is 33.6 Å². The number of H-pyrrole nitrogens is 1. The van der Waals surface area contributed by atoms with Gasteiger partial charge in [-0.05, 0) is 30.2 Å². The van der Waals surface area contributed by atoms with E-state index in [0.29, 0.717) is 16.5 Å². The summed E-state index contributed by atoms with van der Waals surface area (Å²) in [7, 11) is 0. The summed E-state index contributed by atoms with van der Waals surface area (Å²) in [4.78, 5) is 7.20. The maximum Gasteiger partial charge on any atom is 0.165 e. The molecule has 3 N–H and O–H groups in total. The molecule has 0 atom stereocenters. The van der Waals surface area contributed by atoms with Crippen LogP contribution in [0.1, 0.15) is 39.3 Å². The molecule has 0 amide bonds. The lowest BCUT2D eigenvalue weighted by Crippen LogP contribution is -1.95. The molecule has 0 spiro atoms. The third-order valence-corrected chi connectivity index (χ3v) is 3.84. The van der Waals surface area contributed by atoms with Gasteiger partial charge in [0.1, 0.15) is 0 Å². The lowest BCUT2D eigenvalue weighted by molar-refractivity contribution is 0.628. The summed E-state index contributed by atoms with van der Waals surface area (Å²) in [6.07, 6.45) is 1.53. The van der Waals surface area contributed by atoms with E-state index in [0.717, 1.165) is 22.2 Å². The van der Waals surface area contributed by atoms with Gasteiger partial charge in [-0.3, -0.25) is 0 Å². The number of halogens is 2. The largest absolute Gasteiger partial charge is 0.381 e. The summed E-state index contributed by atoms with van der Waals surface area (Å²) < 4.78 is 13.6. The molecule has 0 aliphatic rings. The summed E-state index contributed by atoms with van der Waals surface area (Å²) >= 11 is 6.32. The van der Waals surface area contributed by atoms with Crippen LogP contribution in [0.3, 0.4) is 0 Å². The molecule has 23 heavy (non-hydrogen) atoms. The number of hydrogen-bond acceptors (Lipinski definition) is 2. The zero-order valence-corrected chi connectivity index (χ0v) is 14.5. The Hall–Kier alpha value is -2.07. The van der Waals surface area contributed by atoms with Crippen LogP contribution in [0.15, 0.2) is 30.5 Å². The highest BCUT2D eigenvalue weighted by molar-refractivity contribution is 6.34. The van der Waals surface area contributed by atoms with Crippen molar-refractivity contribution in [2.75, 3.05) is 5.73 Å². The quantitative estimate of drug-likeness (QED) is 0.627. The zero-order valence-electron chi connectivity index (χ0n) is 13.7. The van der Waals surface area contributed by atoms with E-state index >= 15 is 0 Å². The van der Waals surface area contributed by atoms with Crippen molar-refractivity contribution in [3.05, 3.63) is 47.0 Å². The molecule has 5 heteroatoms. The van der Waals surface area contributed by atoms with Crippen LogP contribution in [0.25, 0.3) is 22.0 Å². The molecule has 2 aromatic heterocycles. The van der Waals surface area contributed by atoms with Crippen LogP contribution in [0.5, 0.6) is 0 Å². The van der Waals surface area contributed by atoms with Crippen LogP contribution in [-0.4, -0.2) is 9.97 Å². The first kappa shape index (κ1) is 17.3. The van der Waals surface area contributed by atoms with Crippen LogP contribution in [0, 0.1) is 5.82 Å². The van der Waals surface area contributed by atoms with Gasteiger partial charge >= 0.3 is 0 Å². The zero-order chi connectivity index (χ0) is 17.1. The molecule has 0 saturated carbocycles. The average Bonchev–Trinajstić information content (AvgIpc) is 2.94. The molecule has 122 valence electrons. The second-order valence-corrected chi connectivity index (χ2v) is 5.80. The van der Waals surface area contributed by atoms with Gasteiger partial charge < -0.3 is 10.7 Å². The number of benzene rings is 1. The molecule has 0 aliphatic heterocycles. The molecular weight excluding hydrogens is 313 g/mol. The Morgan fingerprint density at radius 2 is 1.87 bits per heavy atom. The molecule has 0 unspecified atom stereocenters. The highest BCUT2D eigenvalue weighted by atomic mass is 35.5. The lowest BCUT2D eigenvalue weighted by atomic mass is 10.1. The molecule has 0 saturated heterocycles. The van der Waals surface area contributed by atoms with E-state index in [1.165, 1.54) is 12.3 Å². The Morgan fingerprint density at radius 1 is 1.17 bits per heavy atom. The fraction of sp³-hybridized carbons (Fsp3) is 0.278. The molecule has 3 nitrogen and oxygen atoms in total. The molecule has 3 aromatic rings. The van der Waals surface area contributed by atoms with Gasteiger partial charge in [0, 0.05) is 38.9 Å². The van der Waals surface area contributed by atoms with E-state index in [2.05, 4.69) is 29.9 Å². The van der Waals surface area contributed by atoms with Crippen molar-refractivity contribution in [3.8, 4) is 11.1 Å². The number of nitrogens with two attached hydrogens (primary N) is 1. The molecule has 0 bridgehead atoms. The van der Waals surface area contributed by atoms with Crippen LogP contribution in [0.4, 0.5) is 10.2 Å². The maximum atomic E-state index is 13.6. The molecule has 2 heterocycles. The highest BCUT2D eigenvalue weighted by Crippen LogP contribution is 2.33. The predicted octanol–water partition coefficient (Wildman–Crippen LogP) is 5.75. The number of nitrogens with one attached hydrogen (secondary N) is 1. The third kappa shape index (κ3) is 3.48. The summed E-state index contributed by atoms with van der Waals surface area (Å²) in [6, 6.07) is 7.22. The fourth-order valence-corrected chi connectivity index (χ4v) is 2.58. The van der Waals surface area contributed by atoms with Crippen molar-refractivity contribution >= 4 is 28.3 Å². The van der Waals surface area contributed by atoms with Gasteiger partial charge in [-0.2, -0.15) is 0 Å². The van der Waals surface area contributed by atoms with Gasteiger partial charge in [0.05, 0.1) is 0 Å². The summed E-state index contributed by atoms with van der Waals surface area (Å²) in [6.45, 7) is 8.24. The number of pyridine rings is 1. The van der Waals surface area contributed by atoms with Gasteiger partial charge in [0.15, 0.2) is 11.6 Å². The van der Waals surface area contributed by atoms with Crippen molar-refractivity contribution in [1.82, 2.24) is 9.97 Å². The number of rotatable bonds is 2. The summed E-state index contributed by atoms with van der Waals surface area (Å²) in [5, 5.41) is 1.60. The number of aromatic nitrogens is 2. The Balaban J connectivity index is 0.000000924. The van der Waals surface area contributed by atoms with E-state index in [1.54, 1.807) is 0 Å². The van der Waals surface area contributed by atoms with E-state index < -0.39 is 5.82 Å². The first-order chi connectivity index (χ1) is 11.0. The molecule has 1 aromatic carbocycles. The van der Waals surface area contributed by atoms with Crippen molar-refractivity contribution in [1.29, 1.82) is 0 Å². The third-order valence-electron chi connectivity index (χ3n) is 3.53. The Labute approximate surface area is 140 Å². The number of hydrogen-bond donors (Lipinski definition) is 2. The number of fused-ring (bicyclic) bond motifs is 1. The fourth-order valence-electron chi connectivity index (χ4n) is 2.30. The molecule has 3 rings (SSSR count). The number of nitrogens with zero attached hydrogens (tertiary/aromatic N) is 1. The Morgan fingerprint density at radius 3 is 2.48 bits per heavy atom. The van der Waals surface area contributed by atoms with Gasteiger partial charge in [0.2, 0.25) is 0 Å².